The van der Waals surface area contributed by atoms with Crippen molar-refractivity contribution in [3.63, 3.8) is 0 Å². The third-order valence-electron chi connectivity index (χ3n) is 2.93. The summed E-state index contributed by atoms with van der Waals surface area (Å²) in [7, 11) is 0. The van der Waals surface area contributed by atoms with E-state index in [0.29, 0.717) is 5.69 Å². The Bertz CT molecular complexity index is 630. The van der Waals surface area contributed by atoms with Crippen molar-refractivity contribution >= 4 is 17.6 Å². The van der Waals surface area contributed by atoms with Crippen molar-refractivity contribution in [2.24, 2.45) is 5.92 Å². The van der Waals surface area contributed by atoms with Crippen LogP contribution in [0.5, 0.6) is 5.75 Å². The fraction of sp³-hybridized carbons (Fsp3) is 0.312. The number of carboxylic acid groups (broad SMARTS) is 1. The van der Waals surface area contributed by atoms with Crippen LogP contribution in [0.25, 0.3) is 0 Å². The Balaban J connectivity index is 2.77. The van der Waals surface area contributed by atoms with Crippen LogP contribution in [0.1, 0.15) is 20.3 Å². The van der Waals surface area contributed by atoms with Gasteiger partial charge < -0.3 is 20.8 Å². The number of nitrogens with one attached hydrogen (secondary N) is 2. The maximum atomic E-state index is 12.0. The first kappa shape index (κ1) is 18.0. The number of carboxylic acids is 1. The molecule has 0 bridgehead atoms. The molecule has 0 aliphatic rings. The summed E-state index contributed by atoms with van der Waals surface area (Å²) < 4.78 is 0. The van der Waals surface area contributed by atoms with Gasteiger partial charge in [0.05, 0.1) is 0 Å². The van der Waals surface area contributed by atoms with E-state index in [1.807, 2.05) is 13.8 Å². The zero-order valence-electron chi connectivity index (χ0n) is 12.9. The lowest BCUT2D eigenvalue weighted by Crippen LogP contribution is -2.42. The van der Waals surface area contributed by atoms with Gasteiger partial charge in [-0.25, -0.2) is 4.79 Å². The van der Waals surface area contributed by atoms with E-state index in [1.165, 1.54) is 18.3 Å². The Kier molecular flexibility index (Phi) is 6.62. The second-order valence-corrected chi connectivity index (χ2v) is 5.35. The fourth-order valence-electron chi connectivity index (χ4n) is 1.79. The lowest BCUT2D eigenvalue weighted by Gasteiger charge is -2.16. The number of nitriles is 1. The van der Waals surface area contributed by atoms with Crippen molar-refractivity contribution in [1.29, 1.82) is 5.26 Å². The molecule has 0 fully saturated rings. The number of anilines is 1. The van der Waals surface area contributed by atoms with Crippen LogP contribution in [-0.2, 0) is 9.59 Å². The van der Waals surface area contributed by atoms with E-state index >= 15 is 0 Å². The number of benzene rings is 1. The first-order chi connectivity index (χ1) is 10.8. The number of hydrogen-bond acceptors (Lipinski definition) is 5. The monoisotopic (exact) mass is 317 g/mol. The van der Waals surface area contributed by atoms with E-state index in [9.17, 15) is 14.7 Å². The summed E-state index contributed by atoms with van der Waals surface area (Å²) in [6, 6.07) is 6.71. The van der Waals surface area contributed by atoms with Crippen LogP contribution >= 0.6 is 0 Å². The molecular formula is C16H19N3O4. The third kappa shape index (κ3) is 6.09. The van der Waals surface area contributed by atoms with Crippen molar-refractivity contribution in [1.82, 2.24) is 5.32 Å². The average Bonchev–Trinajstić information content (AvgIpc) is 2.48. The second-order valence-electron chi connectivity index (χ2n) is 5.35. The third-order valence-corrected chi connectivity index (χ3v) is 2.93. The molecule has 122 valence electrons. The summed E-state index contributed by atoms with van der Waals surface area (Å²) >= 11 is 0. The van der Waals surface area contributed by atoms with Gasteiger partial charge >= 0.3 is 5.97 Å². The summed E-state index contributed by atoms with van der Waals surface area (Å²) in [5.74, 6) is -1.72. The van der Waals surface area contributed by atoms with Crippen molar-refractivity contribution in [3.8, 4) is 11.8 Å². The maximum absolute atomic E-state index is 12.0. The highest BCUT2D eigenvalue weighted by atomic mass is 16.4. The molecule has 0 aliphatic heterocycles. The van der Waals surface area contributed by atoms with Crippen LogP contribution in [0.2, 0.25) is 0 Å². The summed E-state index contributed by atoms with van der Waals surface area (Å²) in [5.41, 5.74) is 0.327. The molecule has 1 aromatic carbocycles. The topological polar surface area (TPSA) is 122 Å². The van der Waals surface area contributed by atoms with Crippen molar-refractivity contribution in [2.75, 3.05) is 5.32 Å². The van der Waals surface area contributed by atoms with Gasteiger partial charge in [-0.2, -0.15) is 5.26 Å². The molecular weight excluding hydrogens is 298 g/mol. The van der Waals surface area contributed by atoms with E-state index in [-0.39, 0.29) is 23.7 Å². The summed E-state index contributed by atoms with van der Waals surface area (Å²) in [6.07, 6.45) is 1.46. The number of aliphatic carboxylic acids is 1. The van der Waals surface area contributed by atoms with E-state index in [1.54, 1.807) is 18.2 Å². The first-order valence-corrected chi connectivity index (χ1v) is 7.03. The van der Waals surface area contributed by atoms with Crippen molar-refractivity contribution < 1.29 is 19.8 Å². The highest BCUT2D eigenvalue weighted by Crippen LogP contribution is 2.14. The molecule has 0 aromatic heterocycles. The number of hydrogen-bond donors (Lipinski definition) is 4. The minimum absolute atomic E-state index is 0.0843. The first-order valence-electron chi connectivity index (χ1n) is 7.03. The normalized spacial score (nSPS) is 12.3. The molecule has 0 saturated heterocycles. The second kappa shape index (κ2) is 8.44. The minimum atomic E-state index is -1.14. The van der Waals surface area contributed by atoms with Gasteiger partial charge in [0.2, 0.25) is 0 Å². The number of phenolic OH excluding ortho intramolecular Hbond substituents is 1. The maximum Gasteiger partial charge on any atom is 0.326 e. The molecule has 0 aliphatic carbocycles. The zero-order valence-corrected chi connectivity index (χ0v) is 12.9. The van der Waals surface area contributed by atoms with Crippen LogP contribution < -0.4 is 10.6 Å². The highest BCUT2D eigenvalue weighted by Gasteiger charge is 2.22. The molecule has 1 unspecified atom stereocenters. The number of carbonyl (C=O) groups is 2. The number of amides is 1. The van der Waals surface area contributed by atoms with Gasteiger partial charge in [0.25, 0.3) is 5.91 Å². The van der Waals surface area contributed by atoms with Crippen LogP contribution in [0.3, 0.4) is 0 Å². The molecule has 0 heterocycles. The number of carbonyl (C=O) groups excluding carboxylic acids is 1. The Labute approximate surface area is 134 Å². The van der Waals surface area contributed by atoms with Gasteiger partial charge in [-0.05, 0) is 36.6 Å². The summed E-state index contributed by atoms with van der Waals surface area (Å²) in [6.45, 7) is 3.69. The van der Waals surface area contributed by atoms with Gasteiger partial charge in [-0.15, -0.1) is 0 Å². The Morgan fingerprint density at radius 1 is 1.30 bits per heavy atom. The largest absolute Gasteiger partial charge is 0.508 e. The van der Waals surface area contributed by atoms with Crippen LogP contribution in [-0.4, -0.2) is 28.1 Å². The summed E-state index contributed by atoms with van der Waals surface area (Å²) in [4.78, 5) is 23.1. The minimum Gasteiger partial charge on any atom is -0.508 e. The van der Waals surface area contributed by atoms with Crippen LogP contribution in [0.4, 0.5) is 5.69 Å². The molecule has 0 spiro atoms. The highest BCUT2D eigenvalue weighted by molar-refractivity contribution is 5.99. The van der Waals surface area contributed by atoms with Gasteiger partial charge in [0.15, 0.2) is 0 Å². The van der Waals surface area contributed by atoms with E-state index in [2.05, 4.69) is 10.6 Å². The standard InChI is InChI=1S/C16H19N3O4/c1-10(2)7-14(16(22)23)19-15(21)11(8-17)9-18-12-3-5-13(20)6-4-12/h3-6,9-10,14,18,20H,7H2,1-2H3,(H,19,21)(H,22,23)/b11-9-. The molecule has 0 saturated carbocycles. The molecule has 1 rings (SSSR count). The number of phenols is 1. The van der Waals surface area contributed by atoms with Gasteiger partial charge in [-0.3, -0.25) is 4.79 Å². The summed E-state index contributed by atoms with van der Waals surface area (Å²) in [5, 5.41) is 32.4. The van der Waals surface area contributed by atoms with Gasteiger partial charge in [0.1, 0.15) is 23.4 Å². The predicted molar refractivity (Wildman–Crippen MR) is 84.4 cm³/mol. The Hall–Kier alpha value is -3.01. The van der Waals surface area contributed by atoms with E-state index in [0.717, 1.165) is 0 Å². The average molecular weight is 317 g/mol. The number of aromatic hydroxyl groups is 1. The molecule has 23 heavy (non-hydrogen) atoms. The Morgan fingerprint density at radius 2 is 1.91 bits per heavy atom. The molecule has 4 N–H and O–H groups in total. The van der Waals surface area contributed by atoms with E-state index in [4.69, 9.17) is 10.4 Å². The lowest BCUT2D eigenvalue weighted by atomic mass is 10.0. The quantitative estimate of drug-likeness (QED) is 0.346. The molecule has 1 atom stereocenters. The number of rotatable bonds is 7. The fourth-order valence-corrected chi connectivity index (χ4v) is 1.79. The van der Waals surface area contributed by atoms with E-state index < -0.39 is 17.9 Å². The van der Waals surface area contributed by atoms with Gasteiger partial charge in [0, 0.05) is 11.9 Å². The van der Waals surface area contributed by atoms with Crippen LogP contribution in [0, 0.1) is 17.2 Å². The molecule has 1 amide bonds. The SMILES string of the molecule is CC(C)CC(NC(=O)/C(C#N)=C\Nc1ccc(O)cc1)C(=O)O. The van der Waals surface area contributed by atoms with Gasteiger partial charge in [-0.1, -0.05) is 13.8 Å². The van der Waals surface area contributed by atoms with Crippen molar-refractivity contribution in [2.45, 2.75) is 26.3 Å². The Morgan fingerprint density at radius 3 is 2.39 bits per heavy atom. The number of nitrogens with zero attached hydrogens (tertiary/aromatic N) is 1. The van der Waals surface area contributed by atoms with Crippen LogP contribution in [0.15, 0.2) is 36.0 Å². The molecule has 1 aromatic rings. The molecule has 0 radical (unpaired) electrons. The molecule has 7 heteroatoms. The zero-order chi connectivity index (χ0) is 17.4. The van der Waals surface area contributed by atoms with Crippen molar-refractivity contribution in [3.05, 3.63) is 36.0 Å². The molecule has 7 nitrogen and oxygen atoms in total. The predicted octanol–water partition coefficient (Wildman–Crippen LogP) is 1.83. The smallest absolute Gasteiger partial charge is 0.326 e. The lowest BCUT2D eigenvalue weighted by molar-refractivity contribution is -0.141.